The topological polar surface area (TPSA) is 86.8 Å². The predicted molar refractivity (Wildman–Crippen MR) is 156 cm³/mol. The number of sulfonamides is 1. The molecule has 0 aliphatic rings. The Morgan fingerprint density at radius 3 is 2.23 bits per heavy atom. The molecule has 0 unspecified atom stereocenters. The van der Waals surface area contributed by atoms with Gasteiger partial charge in [-0.1, -0.05) is 66.0 Å². The van der Waals surface area contributed by atoms with Gasteiger partial charge in [0.25, 0.3) is 10.0 Å². The molecule has 0 heterocycles. The largest absolute Gasteiger partial charge is 0.352 e. The highest BCUT2D eigenvalue weighted by Crippen LogP contribution is 2.31. The number of hydrogen-bond acceptors (Lipinski definition) is 4. The van der Waals surface area contributed by atoms with E-state index in [1.807, 2.05) is 20.8 Å². The summed E-state index contributed by atoms with van der Waals surface area (Å²) in [5, 5.41) is 3.14. The monoisotopic (exact) mass is 607 g/mol. The Hall–Kier alpha value is -3.14. The fourth-order valence-electron chi connectivity index (χ4n) is 3.86. The van der Waals surface area contributed by atoms with Gasteiger partial charge in [0, 0.05) is 18.2 Å². The fraction of sp³-hybridized carbons (Fsp3) is 0.310. The molecule has 11 heteroatoms. The Kier molecular flexibility index (Phi) is 10.6. The first kappa shape index (κ1) is 31.4. The van der Waals surface area contributed by atoms with Crippen molar-refractivity contribution in [3.8, 4) is 0 Å². The average Bonchev–Trinajstić information content (AvgIpc) is 2.92. The highest BCUT2D eigenvalue weighted by Gasteiger charge is 2.33. The van der Waals surface area contributed by atoms with Crippen molar-refractivity contribution in [2.75, 3.05) is 10.8 Å². The van der Waals surface area contributed by atoms with Gasteiger partial charge in [-0.25, -0.2) is 12.8 Å². The summed E-state index contributed by atoms with van der Waals surface area (Å²) in [7, 11) is -4.27. The molecule has 2 amide bonds. The van der Waals surface area contributed by atoms with E-state index in [2.05, 4.69) is 5.32 Å². The molecule has 0 aliphatic heterocycles. The molecule has 1 N–H and O–H groups in total. The zero-order valence-corrected chi connectivity index (χ0v) is 25.0. The van der Waals surface area contributed by atoms with Gasteiger partial charge < -0.3 is 10.2 Å². The van der Waals surface area contributed by atoms with Crippen molar-refractivity contribution < 1.29 is 22.4 Å². The van der Waals surface area contributed by atoms with Crippen LogP contribution in [0.5, 0.6) is 0 Å². The molecule has 0 saturated heterocycles. The third-order valence-electron chi connectivity index (χ3n) is 6.55. The van der Waals surface area contributed by atoms with Gasteiger partial charge in [-0.3, -0.25) is 13.9 Å². The molecule has 0 spiro atoms. The van der Waals surface area contributed by atoms with Crippen LogP contribution < -0.4 is 9.62 Å². The zero-order chi connectivity index (χ0) is 29.6. The molecule has 0 saturated carbocycles. The molecule has 2 atom stereocenters. The average molecular weight is 609 g/mol. The number of nitrogens with zero attached hydrogens (tertiary/aromatic N) is 2. The van der Waals surface area contributed by atoms with Gasteiger partial charge in [0.2, 0.25) is 11.8 Å². The lowest BCUT2D eigenvalue weighted by Crippen LogP contribution is -2.52. The van der Waals surface area contributed by atoms with E-state index in [0.29, 0.717) is 6.42 Å². The van der Waals surface area contributed by atoms with E-state index in [1.165, 1.54) is 60.4 Å². The second kappa shape index (κ2) is 13.5. The molecule has 40 heavy (non-hydrogen) atoms. The Morgan fingerprint density at radius 1 is 0.975 bits per heavy atom. The van der Waals surface area contributed by atoms with Crippen molar-refractivity contribution in [1.82, 2.24) is 10.2 Å². The standard InChI is InChI=1S/C29H32Cl2FN3O4S/c1-5-20(3)33-29(37)21(4)34(17-22-8-6-7-9-27(22)32)28(36)18-35(23-12-15-25(30)26(31)16-23)40(38,39)24-13-10-19(2)11-14-24/h6-16,20-21H,5,17-18H2,1-4H3,(H,33,37)/t20-,21-/m0/s1. The van der Waals surface area contributed by atoms with Gasteiger partial charge in [0.1, 0.15) is 18.4 Å². The molecular formula is C29H32Cl2FN3O4S. The first-order valence-corrected chi connectivity index (χ1v) is 14.9. The van der Waals surface area contributed by atoms with E-state index >= 15 is 0 Å². The Labute approximate surface area is 244 Å². The van der Waals surface area contributed by atoms with Gasteiger partial charge in [-0.05, 0) is 63.6 Å². The molecule has 3 rings (SSSR count). The molecular weight excluding hydrogens is 576 g/mol. The maximum atomic E-state index is 14.6. The SMILES string of the molecule is CC[C@H](C)NC(=O)[C@H](C)N(Cc1ccccc1F)C(=O)CN(c1ccc(Cl)c(Cl)c1)S(=O)(=O)c1ccc(C)cc1. The lowest BCUT2D eigenvalue weighted by Gasteiger charge is -2.32. The van der Waals surface area contributed by atoms with Crippen LogP contribution in [-0.4, -0.2) is 43.8 Å². The van der Waals surface area contributed by atoms with Crippen LogP contribution in [0, 0.1) is 12.7 Å². The molecule has 214 valence electrons. The van der Waals surface area contributed by atoms with Crippen molar-refractivity contribution in [3.63, 3.8) is 0 Å². The number of anilines is 1. The van der Waals surface area contributed by atoms with Crippen molar-refractivity contribution in [2.24, 2.45) is 0 Å². The maximum Gasteiger partial charge on any atom is 0.264 e. The summed E-state index contributed by atoms with van der Waals surface area (Å²) in [6.45, 7) is 6.15. The summed E-state index contributed by atoms with van der Waals surface area (Å²) in [5.74, 6) is -1.71. The van der Waals surface area contributed by atoms with Crippen molar-refractivity contribution in [3.05, 3.63) is 93.7 Å². The summed E-state index contributed by atoms with van der Waals surface area (Å²) in [6, 6.07) is 15.1. The zero-order valence-electron chi connectivity index (χ0n) is 22.7. The molecule has 7 nitrogen and oxygen atoms in total. The summed E-state index contributed by atoms with van der Waals surface area (Å²) in [5.41, 5.74) is 1.14. The van der Waals surface area contributed by atoms with E-state index in [4.69, 9.17) is 23.2 Å². The van der Waals surface area contributed by atoms with Crippen LogP contribution in [0.1, 0.15) is 38.3 Å². The van der Waals surface area contributed by atoms with Gasteiger partial charge in [0.15, 0.2) is 0 Å². The lowest BCUT2D eigenvalue weighted by atomic mass is 10.1. The highest BCUT2D eigenvalue weighted by atomic mass is 35.5. The Morgan fingerprint density at radius 2 is 1.62 bits per heavy atom. The minimum absolute atomic E-state index is 0.0415. The fourth-order valence-corrected chi connectivity index (χ4v) is 5.56. The van der Waals surface area contributed by atoms with Crippen molar-refractivity contribution in [1.29, 1.82) is 0 Å². The lowest BCUT2D eigenvalue weighted by molar-refractivity contribution is -0.139. The number of benzene rings is 3. The second-order valence-electron chi connectivity index (χ2n) is 9.53. The maximum absolute atomic E-state index is 14.6. The van der Waals surface area contributed by atoms with E-state index < -0.39 is 40.2 Å². The molecule has 3 aromatic carbocycles. The van der Waals surface area contributed by atoms with Crippen molar-refractivity contribution >= 4 is 50.7 Å². The molecule has 0 bridgehead atoms. The van der Waals surface area contributed by atoms with E-state index in [1.54, 1.807) is 18.2 Å². The number of amides is 2. The minimum Gasteiger partial charge on any atom is -0.352 e. The summed E-state index contributed by atoms with van der Waals surface area (Å²) in [4.78, 5) is 28.1. The predicted octanol–water partition coefficient (Wildman–Crippen LogP) is 5.97. The smallest absolute Gasteiger partial charge is 0.264 e. The van der Waals surface area contributed by atoms with Gasteiger partial charge in [0.05, 0.1) is 20.6 Å². The number of hydrogen-bond donors (Lipinski definition) is 1. The van der Waals surface area contributed by atoms with E-state index in [9.17, 15) is 22.4 Å². The van der Waals surface area contributed by atoms with E-state index in [0.717, 1.165) is 9.87 Å². The highest BCUT2D eigenvalue weighted by molar-refractivity contribution is 7.92. The van der Waals surface area contributed by atoms with Gasteiger partial charge >= 0.3 is 0 Å². The third kappa shape index (κ3) is 7.53. The molecule has 0 aromatic heterocycles. The number of carbonyl (C=O) groups excluding carboxylic acids is 2. The first-order chi connectivity index (χ1) is 18.8. The van der Waals surface area contributed by atoms with Crippen LogP contribution in [0.15, 0.2) is 71.6 Å². The van der Waals surface area contributed by atoms with Crippen molar-refractivity contribution in [2.45, 2.75) is 57.6 Å². The third-order valence-corrected chi connectivity index (χ3v) is 9.07. The molecule has 3 aromatic rings. The van der Waals surface area contributed by atoms with Crippen LogP contribution in [0.3, 0.4) is 0 Å². The number of rotatable bonds is 11. The molecule has 0 fully saturated rings. The number of aryl methyl sites for hydroxylation is 1. The summed E-state index contributed by atoms with van der Waals surface area (Å²) >= 11 is 12.3. The number of carbonyl (C=O) groups is 2. The van der Waals surface area contributed by atoms with Gasteiger partial charge in [-0.2, -0.15) is 0 Å². The summed E-state index contributed by atoms with van der Waals surface area (Å²) in [6.07, 6.45) is 0.666. The van der Waals surface area contributed by atoms with E-state index in [-0.39, 0.29) is 38.8 Å². The van der Waals surface area contributed by atoms with Gasteiger partial charge in [-0.15, -0.1) is 0 Å². The van der Waals surface area contributed by atoms with Crippen LogP contribution >= 0.6 is 23.2 Å². The van der Waals surface area contributed by atoms with Crippen LogP contribution in [0.25, 0.3) is 0 Å². The number of nitrogens with one attached hydrogen (secondary N) is 1. The van der Waals surface area contributed by atoms with Crippen LogP contribution in [0.4, 0.5) is 10.1 Å². The normalized spacial score (nSPS) is 12.9. The second-order valence-corrected chi connectivity index (χ2v) is 12.2. The molecule has 0 radical (unpaired) electrons. The number of halogens is 3. The minimum atomic E-state index is -4.27. The van der Waals surface area contributed by atoms with Crippen LogP contribution in [0.2, 0.25) is 10.0 Å². The quantitative estimate of drug-likeness (QED) is 0.291. The first-order valence-electron chi connectivity index (χ1n) is 12.7. The molecule has 0 aliphatic carbocycles. The Bertz CT molecular complexity index is 1470. The summed E-state index contributed by atoms with van der Waals surface area (Å²) < 4.78 is 43.2. The Balaban J connectivity index is 2.06. The van der Waals surface area contributed by atoms with Crippen LogP contribution in [-0.2, 0) is 26.2 Å².